The van der Waals surface area contributed by atoms with Crippen LogP contribution < -0.4 is 10.4 Å². The van der Waals surface area contributed by atoms with Crippen molar-refractivity contribution < 1.29 is 26.7 Å². The van der Waals surface area contributed by atoms with E-state index in [0.717, 1.165) is 16.6 Å². The molecule has 0 saturated heterocycles. The molecule has 0 unspecified atom stereocenters. The molecule has 3 rings (SSSR count). The van der Waals surface area contributed by atoms with Crippen LogP contribution >= 0.6 is 0 Å². The van der Waals surface area contributed by atoms with Gasteiger partial charge in [-0.1, -0.05) is 26.0 Å². The van der Waals surface area contributed by atoms with E-state index in [9.17, 15) is 26.7 Å². The molecule has 0 fully saturated rings. The van der Waals surface area contributed by atoms with Crippen molar-refractivity contribution in [1.82, 2.24) is 19.6 Å². The van der Waals surface area contributed by atoms with E-state index >= 15 is 0 Å². The van der Waals surface area contributed by atoms with Crippen LogP contribution in [0.3, 0.4) is 0 Å². The van der Waals surface area contributed by atoms with Crippen LogP contribution in [0.15, 0.2) is 29.1 Å². The summed E-state index contributed by atoms with van der Waals surface area (Å²) in [4.78, 5) is 18.5. The molecule has 0 aliphatic heterocycles. The van der Waals surface area contributed by atoms with E-state index in [1.807, 2.05) is 0 Å². The second kappa shape index (κ2) is 7.21. The summed E-state index contributed by atoms with van der Waals surface area (Å²) in [6.07, 6.45) is -7.27. The predicted molar refractivity (Wildman–Crippen MR) is 89.6 cm³/mol. The number of hydrogen-bond donors (Lipinski definition) is 1. The molecule has 11 heteroatoms. The number of nitrogens with one attached hydrogen (secondary N) is 1. The molecule has 0 bridgehead atoms. The molecule has 0 amide bonds. The average Bonchev–Trinajstić information content (AvgIpc) is 2.99. The monoisotopic (exact) mass is 402 g/mol. The summed E-state index contributed by atoms with van der Waals surface area (Å²) in [6, 6.07) is 3.87. The van der Waals surface area contributed by atoms with E-state index in [1.54, 1.807) is 13.8 Å². The van der Waals surface area contributed by atoms with Crippen molar-refractivity contribution in [2.75, 3.05) is 6.61 Å². The summed E-state index contributed by atoms with van der Waals surface area (Å²) < 4.78 is 68.9. The number of rotatable bonds is 5. The third kappa shape index (κ3) is 3.82. The van der Waals surface area contributed by atoms with Gasteiger partial charge in [0.2, 0.25) is 0 Å². The van der Waals surface area contributed by atoms with Gasteiger partial charge in [-0.15, -0.1) is 0 Å². The van der Waals surface area contributed by atoms with Crippen molar-refractivity contribution in [3.05, 3.63) is 46.0 Å². The largest absolute Gasteiger partial charge is 0.459 e. The molecule has 1 N–H and O–H groups in total. The van der Waals surface area contributed by atoms with Crippen LogP contribution in [0.25, 0.3) is 16.8 Å². The Kier molecular flexibility index (Phi) is 5.09. The van der Waals surface area contributed by atoms with E-state index in [4.69, 9.17) is 4.74 Å². The minimum Gasteiger partial charge on any atom is -0.459 e. The zero-order valence-corrected chi connectivity index (χ0v) is 14.7. The fraction of sp³-hybridized carbons (Fsp3) is 0.353. The molecular weight excluding hydrogens is 387 g/mol. The molecule has 0 aliphatic carbocycles. The van der Waals surface area contributed by atoms with Gasteiger partial charge in [-0.3, -0.25) is 4.98 Å². The van der Waals surface area contributed by atoms with Gasteiger partial charge in [0.05, 0.1) is 16.8 Å². The SMILES string of the molecule is CC(C)c1nn2c(=O)[nH]c(OCC(F)F)nc2c1-c1ccc(C(F)(F)F)cc1. The summed E-state index contributed by atoms with van der Waals surface area (Å²) >= 11 is 0. The smallest absolute Gasteiger partial charge is 0.416 e. The lowest BCUT2D eigenvalue weighted by Gasteiger charge is -2.09. The highest BCUT2D eigenvalue weighted by Crippen LogP contribution is 2.35. The predicted octanol–water partition coefficient (Wildman–Crippen LogP) is 3.87. The van der Waals surface area contributed by atoms with E-state index < -0.39 is 36.5 Å². The number of benzene rings is 1. The number of H-pyrrole nitrogens is 1. The summed E-state index contributed by atoms with van der Waals surface area (Å²) in [5.74, 6) is -0.191. The topological polar surface area (TPSA) is 72.3 Å². The highest BCUT2D eigenvalue weighted by atomic mass is 19.4. The lowest BCUT2D eigenvalue weighted by molar-refractivity contribution is -0.137. The Labute approximate surface area is 155 Å². The van der Waals surface area contributed by atoms with E-state index in [0.29, 0.717) is 16.8 Å². The Bertz CT molecular complexity index is 1040. The number of hydrogen-bond acceptors (Lipinski definition) is 4. The normalized spacial score (nSPS) is 12.3. The average molecular weight is 402 g/mol. The molecule has 0 atom stereocenters. The van der Waals surface area contributed by atoms with Gasteiger partial charge >= 0.3 is 11.9 Å². The van der Waals surface area contributed by atoms with Gasteiger partial charge in [0.15, 0.2) is 12.3 Å². The highest BCUT2D eigenvalue weighted by Gasteiger charge is 2.30. The van der Waals surface area contributed by atoms with Gasteiger partial charge < -0.3 is 4.74 Å². The van der Waals surface area contributed by atoms with Crippen molar-refractivity contribution in [2.45, 2.75) is 32.4 Å². The van der Waals surface area contributed by atoms with Gasteiger partial charge in [-0.2, -0.15) is 27.8 Å². The molecule has 0 saturated carbocycles. The Balaban J connectivity index is 2.18. The first-order chi connectivity index (χ1) is 13.1. The molecule has 1 aromatic carbocycles. The van der Waals surface area contributed by atoms with Gasteiger partial charge in [-0.05, 0) is 23.6 Å². The Hall–Kier alpha value is -2.98. The van der Waals surface area contributed by atoms with Crippen LogP contribution in [0.2, 0.25) is 0 Å². The lowest BCUT2D eigenvalue weighted by Crippen LogP contribution is -2.21. The standard InChI is InChI=1S/C17H15F5N4O2/c1-8(2)13-12(9-3-5-10(6-4-9)17(20,21)22)14-23-15(28-7-11(18)19)24-16(27)26(14)25-13/h3-6,8,11H,7H2,1-2H3,(H,23,24,27). The molecule has 2 heterocycles. The molecule has 28 heavy (non-hydrogen) atoms. The van der Waals surface area contributed by atoms with Gasteiger partial charge in [0.25, 0.3) is 12.4 Å². The Morgan fingerprint density at radius 2 is 1.82 bits per heavy atom. The summed E-state index contributed by atoms with van der Waals surface area (Å²) in [6.45, 7) is 2.61. The van der Waals surface area contributed by atoms with Crippen molar-refractivity contribution >= 4 is 5.65 Å². The van der Waals surface area contributed by atoms with Gasteiger partial charge in [0.1, 0.15) is 0 Å². The second-order valence-corrected chi connectivity index (χ2v) is 6.27. The third-order valence-corrected chi connectivity index (χ3v) is 3.90. The zero-order valence-electron chi connectivity index (χ0n) is 14.7. The van der Waals surface area contributed by atoms with E-state index in [1.165, 1.54) is 12.1 Å². The molecule has 150 valence electrons. The van der Waals surface area contributed by atoms with Crippen molar-refractivity contribution in [2.24, 2.45) is 0 Å². The lowest BCUT2D eigenvalue weighted by atomic mass is 9.98. The van der Waals surface area contributed by atoms with Gasteiger partial charge in [0, 0.05) is 0 Å². The number of aromatic nitrogens is 4. The molecular formula is C17H15F5N4O2. The number of alkyl halides is 5. The maximum Gasteiger partial charge on any atom is 0.416 e. The van der Waals surface area contributed by atoms with Crippen LogP contribution in [0.5, 0.6) is 6.01 Å². The molecule has 3 aromatic rings. The van der Waals surface area contributed by atoms with Crippen LogP contribution in [0.1, 0.15) is 31.0 Å². The fourth-order valence-electron chi connectivity index (χ4n) is 2.66. The third-order valence-electron chi connectivity index (χ3n) is 3.90. The summed E-state index contributed by atoms with van der Waals surface area (Å²) in [5.41, 5.74) is -0.499. The molecule has 0 radical (unpaired) electrons. The first kappa shape index (κ1) is 19.8. The highest BCUT2D eigenvalue weighted by molar-refractivity contribution is 5.80. The fourth-order valence-corrected chi connectivity index (χ4v) is 2.66. The summed E-state index contributed by atoms with van der Waals surface area (Å²) in [5, 5.41) is 4.18. The van der Waals surface area contributed by atoms with Gasteiger partial charge in [-0.25, -0.2) is 13.6 Å². The minimum absolute atomic E-state index is 0.00326. The summed E-state index contributed by atoms with van der Waals surface area (Å²) in [7, 11) is 0. The quantitative estimate of drug-likeness (QED) is 0.658. The first-order valence-electron chi connectivity index (χ1n) is 8.19. The first-order valence-corrected chi connectivity index (χ1v) is 8.19. The number of aromatic amines is 1. The molecule has 6 nitrogen and oxygen atoms in total. The molecule has 2 aromatic heterocycles. The van der Waals surface area contributed by atoms with Crippen molar-refractivity contribution in [3.63, 3.8) is 0 Å². The number of fused-ring (bicyclic) bond motifs is 1. The van der Waals surface area contributed by atoms with Crippen molar-refractivity contribution in [3.8, 4) is 17.1 Å². The van der Waals surface area contributed by atoms with Crippen LogP contribution in [-0.4, -0.2) is 32.6 Å². The zero-order chi connectivity index (χ0) is 20.6. The van der Waals surface area contributed by atoms with Crippen LogP contribution in [0, 0.1) is 0 Å². The second-order valence-electron chi connectivity index (χ2n) is 6.27. The van der Waals surface area contributed by atoms with Crippen molar-refractivity contribution in [1.29, 1.82) is 0 Å². The molecule has 0 spiro atoms. The van der Waals surface area contributed by atoms with Crippen LogP contribution in [-0.2, 0) is 6.18 Å². The number of ether oxygens (including phenoxy) is 1. The van der Waals surface area contributed by atoms with E-state index in [2.05, 4.69) is 15.1 Å². The Morgan fingerprint density at radius 3 is 2.36 bits per heavy atom. The maximum atomic E-state index is 12.8. The number of nitrogens with zero attached hydrogens (tertiary/aromatic N) is 3. The molecule has 0 aliphatic rings. The minimum atomic E-state index is -4.49. The Morgan fingerprint density at radius 1 is 1.18 bits per heavy atom. The van der Waals surface area contributed by atoms with Crippen LogP contribution in [0.4, 0.5) is 22.0 Å². The number of halogens is 5. The van der Waals surface area contributed by atoms with E-state index in [-0.39, 0.29) is 11.6 Å². The maximum absolute atomic E-state index is 12.8.